The Hall–Kier alpha value is -1.83. The molecular weight excluding hydrogens is 266 g/mol. The lowest BCUT2D eigenvalue weighted by Crippen LogP contribution is -2.26. The number of rotatable bonds is 8. The lowest BCUT2D eigenvalue weighted by Gasteiger charge is -2.07. The van der Waals surface area contributed by atoms with Crippen molar-refractivity contribution in [1.82, 2.24) is 5.32 Å². The van der Waals surface area contributed by atoms with E-state index in [-0.39, 0.29) is 12.5 Å². The molecule has 0 spiro atoms. The molecule has 2 N–H and O–H groups in total. The number of amides is 1. The fraction of sp³-hybridized carbons (Fsp3) is 0.471. The number of aliphatic hydroxyl groups is 1. The van der Waals surface area contributed by atoms with Crippen LogP contribution in [-0.4, -0.2) is 37.4 Å². The fourth-order valence-corrected chi connectivity index (χ4v) is 1.74. The van der Waals surface area contributed by atoms with Gasteiger partial charge in [0.25, 0.3) is 5.91 Å². The second-order valence-corrected chi connectivity index (χ2v) is 4.58. The summed E-state index contributed by atoms with van der Waals surface area (Å²) < 4.78 is 5.44. The Balaban J connectivity index is 2.38. The number of benzene rings is 1. The number of carbonyl (C=O) groups is 1. The van der Waals surface area contributed by atoms with Crippen LogP contribution in [0, 0.1) is 11.8 Å². The van der Waals surface area contributed by atoms with Crippen molar-refractivity contribution < 1.29 is 14.6 Å². The summed E-state index contributed by atoms with van der Waals surface area (Å²) >= 11 is 0. The molecule has 1 rings (SSSR count). The van der Waals surface area contributed by atoms with E-state index in [0.29, 0.717) is 24.3 Å². The number of hydrogen-bond donors (Lipinski definition) is 2. The van der Waals surface area contributed by atoms with Gasteiger partial charge in [0.05, 0.1) is 5.56 Å². The fourth-order valence-electron chi connectivity index (χ4n) is 1.74. The van der Waals surface area contributed by atoms with Crippen molar-refractivity contribution in [2.24, 2.45) is 0 Å². The molecule has 0 aliphatic carbocycles. The number of unbranched alkanes of at least 4 members (excludes halogenated alkanes) is 1. The molecule has 0 saturated heterocycles. The van der Waals surface area contributed by atoms with Crippen LogP contribution in [0.2, 0.25) is 0 Å². The molecule has 0 fully saturated rings. The van der Waals surface area contributed by atoms with Gasteiger partial charge in [0.1, 0.15) is 6.61 Å². The molecule has 1 amide bonds. The Morgan fingerprint density at radius 2 is 2.05 bits per heavy atom. The van der Waals surface area contributed by atoms with Crippen LogP contribution in [0.5, 0.6) is 0 Å². The molecule has 1 aromatic rings. The Kier molecular flexibility index (Phi) is 8.94. The minimum atomic E-state index is -0.217. The molecule has 0 heterocycles. The van der Waals surface area contributed by atoms with E-state index >= 15 is 0 Å². The van der Waals surface area contributed by atoms with Gasteiger partial charge >= 0.3 is 0 Å². The second kappa shape index (κ2) is 10.9. The first-order chi connectivity index (χ1) is 10.3. The van der Waals surface area contributed by atoms with Crippen LogP contribution >= 0.6 is 0 Å². The van der Waals surface area contributed by atoms with Crippen LogP contribution in [-0.2, 0) is 4.74 Å². The molecule has 4 nitrogen and oxygen atoms in total. The molecule has 0 saturated carbocycles. The van der Waals surface area contributed by atoms with E-state index in [1.165, 1.54) is 0 Å². The summed E-state index contributed by atoms with van der Waals surface area (Å²) in [5.41, 5.74) is 1.16. The van der Waals surface area contributed by atoms with Crippen LogP contribution in [0.3, 0.4) is 0 Å². The molecule has 0 bridgehead atoms. The van der Waals surface area contributed by atoms with Crippen LogP contribution < -0.4 is 5.32 Å². The molecule has 21 heavy (non-hydrogen) atoms. The SMILES string of the molecule is CCCCOCCCNC(=O)c1ccccc1C#CCO. The Morgan fingerprint density at radius 1 is 1.29 bits per heavy atom. The minimum Gasteiger partial charge on any atom is -0.384 e. The molecule has 114 valence electrons. The molecule has 1 aromatic carbocycles. The van der Waals surface area contributed by atoms with E-state index in [0.717, 1.165) is 25.9 Å². The molecule has 0 radical (unpaired) electrons. The highest BCUT2D eigenvalue weighted by atomic mass is 16.5. The molecule has 0 aliphatic heterocycles. The first-order valence-corrected chi connectivity index (χ1v) is 7.34. The topological polar surface area (TPSA) is 58.6 Å². The minimum absolute atomic E-state index is 0.147. The summed E-state index contributed by atoms with van der Waals surface area (Å²) in [7, 11) is 0. The van der Waals surface area contributed by atoms with Gasteiger partial charge in [-0.15, -0.1) is 0 Å². The van der Waals surface area contributed by atoms with E-state index in [1.807, 2.05) is 6.07 Å². The third-order valence-electron chi connectivity index (χ3n) is 2.87. The smallest absolute Gasteiger partial charge is 0.252 e. The van der Waals surface area contributed by atoms with Crippen molar-refractivity contribution in [3.8, 4) is 11.8 Å². The van der Waals surface area contributed by atoms with Gasteiger partial charge in [0, 0.05) is 25.3 Å². The lowest BCUT2D eigenvalue weighted by atomic mass is 10.1. The summed E-state index contributed by atoms with van der Waals surface area (Å²) in [6.07, 6.45) is 2.99. The van der Waals surface area contributed by atoms with Crippen molar-refractivity contribution in [3.63, 3.8) is 0 Å². The van der Waals surface area contributed by atoms with Gasteiger partial charge in [-0.2, -0.15) is 0 Å². The summed E-state index contributed by atoms with van der Waals surface area (Å²) in [4.78, 5) is 12.1. The van der Waals surface area contributed by atoms with E-state index < -0.39 is 0 Å². The zero-order chi connectivity index (χ0) is 15.3. The van der Waals surface area contributed by atoms with Gasteiger partial charge in [0.2, 0.25) is 0 Å². The van der Waals surface area contributed by atoms with Crippen LogP contribution in [0.4, 0.5) is 0 Å². The number of hydrogen-bond acceptors (Lipinski definition) is 3. The van der Waals surface area contributed by atoms with Crippen molar-refractivity contribution in [3.05, 3.63) is 35.4 Å². The lowest BCUT2D eigenvalue weighted by molar-refractivity contribution is 0.0940. The zero-order valence-corrected chi connectivity index (χ0v) is 12.5. The van der Waals surface area contributed by atoms with Gasteiger partial charge in [-0.1, -0.05) is 37.3 Å². The third kappa shape index (κ3) is 6.94. The van der Waals surface area contributed by atoms with Crippen molar-refractivity contribution in [2.75, 3.05) is 26.4 Å². The normalized spacial score (nSPS) is 9.81. The average molecular weight is 289 g/mol. The largest absolute Gasteiger partial charge is 0.384 e. The summed E-state index contributed by atoms with van der Waals surface area (Å²) in [6.45, 7) is 3.93. The predicted octanol–water partition coefficient (Wildman–Crippen LogP) is 1.97. The first-order valence-electron chi connectivity index (χ1n) is 7.34. The zero-order valence-electron chi connectivity index (χ0n) is 12.5. The van der Waals surface area contributed by atoms with Crippen molar-refractivity contribution in [2.45, 2.75) is 26.2 Å². The van der Waals surface area contributed by atoms with Crippen molar-refractivity contribution >= 4 is 5.91 Å². The molecule has 0 aliphatic rings. The van der Waals surface area contributed by atoms with Crippen LogP contribution in [0.15, 0.2) is 24.3 Å². The average Bonchev–Trinajstić information content (AvgIpc) is 2.52. The monoisotopic (exact) mass is 289 g/mol. The molecular formula is C17H23NO3. The van der Waals surface area contributed by atoms with Gasteiger partial charge in [-0.3, -0.25) is 4.79 Å². The third-order valence-corrected chi connectivity index (χ3v) is 2.87. The molecule has 0 unspecified atom stereocenters. The van der Waals surface area contributed by atoms with Gasteiger partial charge in [-0.05, 0) is 25.0 Å². The second-order valence-electron chi connectivity index (χ2n) is 4.58. The maximum Gasteiger partial charge on any atom is 0.252 e. The standard InChI is InChI=1S/C17H23NO3/c1-2-3-13-21-14-7-11-18-17(20)16-10-5-4-8-15(16)9-6-12-19/h4-5,8,10,19H,2-3,7,11-14H2,1H3,(H,18,20). The summed E-state index contributed by atoms with van der Waals surface area (Å²) in [5, 5.41) is 11.6. The highest BCUT2D eigenvalue weighted by molar-refractivity contribution is 5.96. The summed E-state index contributed by atoms with van der Waals surface area (Å²) in [6, 6.07) is 7.12. The maximum absolute atomic E-state index is 12.1. The van der Waals surface area contributed by atoms with Crippen LogP contribution in [0.1, 0.15) is 42.1 Å². The number of nitrogens with one attached hydrogen (secondary N) is 1. The predicted molar refractivity (Wildman–Crippen MR) is 83.1 cm³/mol. The Labute approximate surface area is 126 Å². The van der Waals surface area contributed by atoms with Gasteiger partial charge < -0.3 is 15.2 Å². The molecule has 0 atom stereocenters. The number of carbonyl (C=O) groups excluding carboxylic acids is 1. The number of aliphatic hydroxyl groups excluding tert-OH is 1. The van der Waals surface area contributed by atoms with Crippen LogP contribution in [0.25, 0.3) is 0 Å². The van der Waals surface area contributed by atoms with Gasteiger partial charge in [-0.25, -0.2) is 0 Å². The Bertz CT molecular complexity index is 488. The quantitative estimate of drug-likeness (QED) is 0.568. The van der Waals surface area contributed by atoms with E-state index in [9.17, 15) is 4.79 Å². The summed E-state index contributed by atoms with van der Waals surface area (Å²) in [5.74, 6) is 5.20. The Morgan fingerprint density at radius 3 is 2.81 bits per heavy atom. The first kappa shape index (κ1) is 17.2. The van der Waals surface area contributed by atoms with Crippen molar-refractivity contribution in [1.29, 1.82) is 0 Å². The van der Waals surface area contributed by atoms with Gasteiger partial charge in [0.15, 0.2) is 0 Å². The molecule has 0 aromatic heterocycles. The highest BCUT2D eigenvalue weighted by Crippen LogP contribution is 2.07. The highest BCUT2D eigenvalue weighted by Gasteiger charge is 2.08. The maximum atomic E-state index is 12.1. The molecule has 4 heteroatoms. The number of ether oxygens (including phenoxy) is 1. The van der Waals surface area contributed by atoms with E-state index in [1.54, 1.807) is 18.2 Å². The van der Waals surface area contributed by atoms with E-state index in [2.05, 4.69) is 24.1 Å². The van der Waals surface area contributed by atoms with E-state index in [4.69, 9.17) is 9.84 Å².